The van der Waals surface area contributed by atoms with Crippen molar-refractivity contribution in [1.82, 2.24) is 4.57 Å². The highest BCUT2D eigenvalue weighted by Gasteiger charge is 2.24. The maximum Gasteiger partial charge on any atom is 0.165 e. The van der Waals surface area contributed by atoms with Crippen molar-refractivity contribution in [3.05, 3.63) is 65.1 Å². The fourth-order valence-electron chi connectivity index (χ4n) is 3.20. The molecular formula is C18H10BrNO. The Labute approximate surface area is 129 Å². The Morgan fingerprint density at radius 2 is 1.62 bits per heavy atom. The molecule has 0 unspecified atom stereocenters. The van der Waals surface area contributed by atoms with Crippen LogP contribution in [0.4, 0.5) is 0 Å². The number of hydrogen-bond donors (Lipinski definition) is 0. The van der Waals surface area contributed by atoms with E-state index in [0.29, 0.717) is 0 Å². The van der Waals surface area contributed by atoms with E-state index in [0.717, 1.165) is 27.2 Å². The Balaban J connectivity index is 2.10. The van der Waals surface area contributed by atoms with Crippen LogP contribution in [0.15, 0.2) is 65.1 Å². The van der Waals surface area contributed by atoms with Gasteiger partial charge in [-0.2, -0.15) is 0 Å². The van der Waals surface area contributed by atoms with Crippen molar-refractivity contribution in [3.8, 4) is 17.2 Å². The number of benzene rings is 3. The average molecular weight is 336 g/mol. The minimum Gasteiger partial charge on any atom is -0.452 e. The van der Waals surface area contributed by atoms with Gasteiger partial charge in [0.1, 0.15) is 0 Å². The fraction of sp³-hybridized carbons (Fsp3) is 0. The molecular weight excluding hydrogens is 326 g/mol. The first-order valence-corrected chi connectivity index (χ1v) is 7.63. The largest absolute Gasteiger partial charge is 0.452 e. The summed E-state index contributed by atoms with van der Waals surface area (Å²) < 4.78 is 9.41. The summed E-state index contributed by atoms with van der Waals surface area (Å²) in [5.41, 5.74) is 3.43. The van der Waals surface area contributed by atoms with Gasteiger partial charge in [0.15, 0.2) is 11.5 Å². The molecule has 100 valence electrons. The summed E-state index contributed by atoms with van der Waals surface area (Å²) in [6, 6.07) is 20.9. The summed E-state index contributed by atoms with van der Waals surface area (Å²) in [6.45, 7) is 0. The van der Waals surface area contributed by atoms with E-state index in [1.807, 2.05) is 18.2 Å². The molecule has 0 saturated carbocycles. The number of halogens is 1. The van der Waals surface area contributed by atoms with Crippen LogP contribution in [0.5, 0.6) is 11.5 Å². The molecule has 3 aromatic carbocycles. The highest BCUT2D eigenvalue weighted by molar-refractivity contribution is 9.10. The molecule has 21 heavy (non-hydrogen) atoms. The first-order chi connectivity index (χ1) is 10.3. The van der Waals surface area contributed by atoms with Gasteiger partial charge in [0, 0.05) is 10.8 Å². The Morgan fingerprint density at radius 1 is 0.810 bits per heavy atom. The maximum atomic E-state index is 6.14. The Hall–Kier alpha value is -2.26. The molecule has 2 heterocycles. The van der Waals surface area contributed by atoms with Crippen LogP contribution in [-0.4, -0.2) is 4.57 Å². The van der Waals surface area contributed by atoms with Gasteiger partial charge < -0.3 is 9.30 Å². The lowest BCUT2D eigenvalue weighted by Crippen LogP contribution is -2.04. The summed E-state index contributed by atoms with van der Waals surface area (Å²) in [6.07, 6.45) is 0. The second-order valence-electron chi connectivity index (χ2n) is 5.20. The fourth-order valence-corrected chi connectivity index (χ4v) is 3.64. The van der Waals surface area contributed by atoms with Crippen LogP contribution in [0.25, 0.3) is 27.5 Å². The van der Waals surface area contributed by atoms with Crippen LogP contribution in [0, 0.1) is 0 Å². The number of nitrogens with zero attached hydrogens (tertiary/aromatic N) is 1. The highest BCUT2D eigenvalue weighted by atomic mass is 79.9. The number of ether oxygens (including phenoxy) is 1. The van der Waals surface area contributed by atoms with Crippen LogP contribution < -0.4 is 4.74 Å². The van der Waals surface area contributed by atoms with E-state index in [9.17, 15) is 0 Å². The summed E-state index contributed by atoms with van der Waals surface area (Å²) in [5.74, 6) is 1.78. The van der Waals surface area contributed by atoms with Crippen molar-refractivity contribution in [2.45, 2.75) is 0 Å². The maximum absolute atomic E-state index is 6.14. The van der Waals surface area contributed by atoms with Crippen molar-refractivity contribution in [2.75, 3.05) is 0 Å². The molecule has 0 radical (unpaired) electrons. The van der Waals surface area contributed by atoms with Gasteiger partial charge in [-0.15, -0.1) is 0 Å². The molecule has 0 aliphatic carbocycles. The zero-order valence-corrected chi connectivity index (χ0v) is 12.6. The van der Waals surface area contributed by atoms with Gasteiger partial charge in [0.2, 0.25) is 0 Å². The SMILES string of the molecule is Brc1cccc2c1Oc1cccc3c4ccccc4n-2c13. The lowest BCUT2D eigenvalue weighted by Gasteiger charge is -2.21. The second-order valence-corrected chi connectivity index (χ2v) is 6.05. The Morgan fingerprint density at radius 3 is 2.57 bits per heavy atom. The number of hydrogen-bond acceptors (Lipinski definition) is 1. The van der Waals surface area contributed by atoms with Crippen LogP contribution in [-0.2, 0) is 0 Å². The van der Waals surface area contributed by atoms with Crippen LogP contribution in [0.1, 0.15) is 0 Å². The molecule has 5 rings (SSSR count). The first-order valence-electron chi connectivity index (χ1n) is 6.83. The smallest absolute Gasteiger partial charge is 0.165 e. The minimum atomic E-state index is 0.874. The van der Waals surface area contributed by atoms with Gasteiger partial charge in [-0.05, 0) is 40.2 Å². The quantitative estimate of drug-likeness (QED) is 0.356. The zero-order chi connectivity index (χ0) is 14.0. The molecule has 4 aromatic rings. The summed E-state index contributed by atoms with van der Waals surface area (Å²) in [4.78, 5) is 0. The van der Waals surface area contributed by atoms with Crippen LogP contribution in [0.3, 0.4) is 0 Å². The monoisotopic (exact) mass is 335 g/mol. The second kappa shape index (κ2) is 3.89. The number of fused-ring (bicyclic) bond motifs is 5. The molecule has 0 spiro atoms. The third-order valence-corrected chi connectivity index (χ3v) is 4.68. The summed E-state index contributed by atoms with van der Waals surface area (Å²) in [7, 11) is 0. The van der Waals surface area contributed by atoms with Crippen molar-refractivity contribution in [3.63, 3.8) is 0 Å². The van der Waals surface area contributed by atoms with Crippen molar-refractivity contribution in [1.29, 1.82) is 0 Å². The lowest BCUT2D eigenvalue weighted by atomic mass is 10.1. The molecule has 0 N–H and O–H groups in total. The average Bonchev–Trinajstić information content (AvgIpc) is 2.86. The Kier molecular flexibility index (Phi) is 2.11. The third kappa shape index (κ3) is 1.37. The van der Waals surface area contributed by atoms with E-state index < -0.39 is 0 Å². The lowest BCUT2D eigenvalue weighted by molar-refractivity contribution is 0.473. The first kappa shape index (κ1) is 11.4. The van der Waals surface area contributed by atoms with E-state index >= 15 is 0 Å². The van der Waals surface area contributed by atoms with Gasteiger partial charge in [-0.1, -0.05) is 36.4 Å². The van der Waals surface area contributed by atoms with Gasteiger partial charge in [-0.3, -0.25) is 0 Å². The van der Waals surface area contributed by atoms with Gasteiger partial charge >= 0.3 is 0 Å². The van der Waals surface area contributed by atoms with Crippen LogP contribution in [0.2, 0.25) is 0 Å². The third-order valence-electron chi connectivity index (χ3n) is 4.06. The zero-order valence-electron chi connectivity index (χ0n) is 11.0. The normalized spacial score (nSPS) is 12.4. The predicted molar refractivity (Wildman–Crippen MR) is 88.6 cm³/mol. The van der Waals surface area contributed by atoms with Gasteiger partial charge in [0.05, 0.1) is 21.2 Å². The highest BCUT2D eigenvalue weighted by Crippen LogP contribution is 2.47. The van der Waals surface area contributed by atoms with Crippen LogP contribution >= 0.6 is 15.9 Å². The molecule has 2 nitrogen and oxygen atoms in total. The molecule has 0 fully saturated rings. The molecule has 1 aliphatic rings. The molecule has 1 aromatic heterocycles. The van der Waals surface area contributed by atoms with E-state index in [2.05, 4.69) is 63.0 Å². The van der Waals surface area contributed by atoms with Gasteiger partial charge in [-0.25, -0.2) is 0 Å². The van der Waals surface area contributed by atoms with Gasteiger partial charge in [0.25, 0.3) is 0 Å². The van der Waals surface area contributed by atoms with Crippen molar-refractivity contribution < 1.29 is 4.74 Å². The standard InChI is InChI=1S/C18H10BrNO/c19-13-7-4-9-15-18(13)21-16-10-3-6-12-11-5-1-2-8-14(11)20(15)17(12)16/h1-10H. The molecule has 1 aliphatic heterocycles. The van der Waals surface area contributed by atoms with E-state index in [4.69, 9.17) is 4.74 Å². The summed E-state index contributed by atoms with van der Waals surface area (Å²) in [5, 5.41) is 2.49. The molecule has 0 atom stereocenters. The topological polar surface area (TPSA) is 14.2 Å². The van der Waals surface area contributed by atoms with Crippen molar-refractivity contribution in [2.24, 2.45) is 0 Å². The van der Waals surface area contributed by atoms with E-state index in [1.54, 1.807) is 0 Å². The molecule has 0 saturated heterocycles. The van der Waals surface area contributed by atoms with E-state index in [-0.39, 0.29) is 0 Å². The van der Waals surface area contributed by atoms with Crippen molar-refractivity contribution >= 4 is 37.7 Å². The Bertz CT molecular complexity index is 1030. The number of aromatic nitrogens is 1. The minimum absolute atomic E-state index is 0.874. The number of para-hydroxylation sites is 3. The summed E-state index contributed by atoms with van der Waals surface area (Å²) >= 11 is 3.60. The number of rotatable bonds is 0. The van der Waals surface area contributed by atoms with E-state index in [1.165, 1.54) is 16.3 Å². The molecule has 0 bridgehead atoms. The molecule has 3 heteroatoms. The predicted octanol–water partition coefficient (Wildman–Crippen LogP) is 5.65. The molecule has 0 amide bonds.